The first-order valence-electron chi connectivity index (χ1n) is 3.02. The molecule has 0 spiro atoms. The fourth-order valence-corrected chi connectivity index (χ4v) is 1.12. The number of nitrogens with two attached hydrogens (primary N) is 1. The van der Waals surface area contributed by atoms with Crippen LogP contribution in [0, 0.1) is 0 Å². The van der Waals surface area contributed by atoms with E-state index in [0.717, 1.165) is 17.9 Å². The standard InChI is InChI=1S/C6H12NOS/c1-2-9-4-3-6(7)5-8/h6H,2-4,7H2,1H3. The van der Waals surface area contributed by atoms with Gasteiger partial charge in [0.05, 0.1) is 6.04 Å². The predicted molar refractivity (Wildman–Crippen MR) is 41.3 cm³/mol. The molecule has 3 heteroatoms. The van der Waals surface area contributed by atoms with E-state index in [4.69, 9.17) is 5.73 Å². The zero-order chi connectivity index (χ0) is 7.11. The maximum atomic E-state index is 9.84. The molecule has 0 saturated heterocycles. The second-order valence-electron chi connectivity index (χ2n) is 1.71. The van der Waals surface area contributed by atoms with Gasteiger partial charge in [-0.25, -0.2) is 0 Å². The Hall–Kier alpha value is -0.0200. The highest BCUT2D eigenvalue weighted by atomic mass is 32.2. The molecule has 0 bridgehead atoms. The summed E-state index contributed by atoms with van der Waals surface area (Å²) in [6.45, 7) is 2.08. The lowest BCUT2D eigenvalue weighted by Gasteiger charge is -1.99. The molecule has 0 aliphatic rings. The van der Waals surface area contributed by atoms with Crippen molar-refractivity contribution in [2.24, 2.45) is 5.73 Å². The van der Waals surface area contributed by atoms with Crippen molar-refractivity contribution in [2.75, 3.05) is 11.5 Å². The number of thioether (sulfide) groups is 1. The van der Waals surface area contributed by atoms with E-state index in [0.29, 0.717) is 0 Å². The van der Waals surface area contributed by atoms with Gasteiger partial charge in [0.2, 0.25) is 6.29 Å². The van der Waals surface area contributed by atoms with E-state index in [9.17, 15) is 4.79 Å². The maximum Gasteiger partial charge on any atom is 0.216 e. The molecule has 1 unspecified atom stereocenters. The maximum absolute atomic E-state index is 9.84. The van der Waals surface area contributed by atoms with E-state index in [1.165, 1.54) is 0 Å². The van der Waals surface area contributed by atoms with Gasteiger partial charge in [-0.05, 0) is 17.9 Å². The normalized spacial score (nSPS) is 13.1. The minimum Gasteiger partial charge on any atom is -0.321 e. The monoisotopic (exact) mass is 146 g/mol. The molecule has 0 aliphatic heterocycles. The third-order valence-corrected chi connectivity index (χ3v) is 1.86. The van der Waals surface area contributed by atoms with E-state index in [-0.39, 0.29) is 6.04 Å². The van der Waals surface area contributed by atoms with Crippen LogP contribution in [0.3, 0.4) is 0 Å². The number of hydrogen-bond donors (Lipinski definition) is 1. The first-order chi connectivity index (χ1) is 4.31. The summed E-state index contributed by atoms with van der Waals surface area (Å²) in [5.41, 5.74) is 5.28. The topological polar surface area (TPSA) is 43.1 Å². The molecule has 0 saturated carbocycles. The van der Waals surface area contributed by atoms with E-state index in [1.807, 2.05) is 0 Å². The van der Waals surface area contributed by atoms with Crippen LogP contribution in [0.1, 0.15) is 13.3 Å². The van der Waals surface area contributed by atoms with Gasteiger partial charge in [0.1, 0.15) is 0 Å². The van der Waals surface area contributed by atoms with E-state index >= 15 is 0 Å². The lowest BCUT2D eigenvalue weighted by Crippen LogP contribution is -2.21. The summed E-state index contributed by atoms with van der Waals surface area (Å²) in [5, 5.41) is 0. The summed E-state index contributed by atoms with van der Waals surface area (Å²) in [7, 11) is 0. The molecule has 1 radical (unpaired) electrons. The van der Waals surface area contributed by atoms with Crippen LogP contribution in [-0.4, -0.2) is 23.8 Å². The van der Waals surface area contributed by atoms with Crippen molar-refractivity contribution in [2.45, 2.75) is 19.4 Å². The Morgan fingerprint density at radius 2 is 2.44 bits per heavy atom. The van der Waals surface area contributed by atoms with Crippen molar-refractivity contribution in [3.63, 3.8) is 0 Å². The highest BCUT2D eigenvalue weighted by Gasteiger charge is 1.98. The molecule has 0 aliphatic carbocycles. The molecule has 2 nitrogen and oxygen atoms in total. The van der Waals surface area contributed by atoms with Gasteiger partial charge in [-0.2, -0.15) is 11.8 Å². The number of hydrogen-bond acceptors (Lipinski definition) is 3. The molecule has 0 aromatic heterocycles. The Labute approximate surface area is 60.2 Å². The van der Waals surface area contributed by atoms with Crippen LogP contribution < -0.4 is 5.73 Å². The van der Waals surface area contributed by atoms with E-state index in [1.54, 1.807) is 18.0 Å². The summed E-state index contributed by atoms with van der Waals surface area (Å²) < 4.78 is 0. The highest BCUT2D eigenvalue weighted by molar-refractivity contribution is 7.99. The quantitative estimate of drug-likeness (QED) is 0.576. The molecule has 9 heavy (non-hydrogen) atoms. The fourth-order valence-electron chi connectivity index (χ4n) is 0.414. The Morgan fingerprint density at radius 1 is 1.78 bits per heavy atom. The van der Waals surface area contributed by atoms with Crippen LogP contribution in [0.2, 0.25) is 0 Å². The summed E-state index contributed by atoms with van der Waals surface area (Å²) in [6, 6.07) is -0.371. The largest absolute Gasteiger partial charge is 0.321 e. The van der Waals surface area contributed by atoms with E-state index < -0.39 is 0 Å². The summed E-state index contributed by atoms with van der Waals surface area (Å²) >= 11 is 1.79. The third-order valence-electron chi connectivity index (χ3n) is 0.929. The zero-order valence-electron chi connectivity index (χ0n) is 5.59. The summed E-state index contributed by atoms with van der Waals surface area (Å²) in [6.07, 6.45) is 2.49. The Bertz CT molecular complexity index is 77.5. The van der Waals surface area contributed by atoms with Gasteiger partial charge in [0.15, 0.2) is 0 Å². The first kappa shape index (κ1) is 8.98. The van der Waals surface area contributed by atoms with Crippen molar-refractivity contribution in [3.05, 3.63) is 0 Å². The summed E-state index contributed by atoms with van der Waals surface area (Å²) in [4.78, 5) is 9.84. The smallest absolute Gasteiger partial charge is 0.216 e. The molecule has 1 atom stereocenters. The van der Waals surface area contributed by atoms with Crippen LogP contribution in [0.4, 0.5) is 0 Å². The van der Waals surface area contributed by atoms with Crippen LogP contribution in [0.15, 0.2) is 0 Å². The SMILES string of the molecule is CCSCCC(N)[C]=O. The molecule has 2 N–H and O–H groups in total. The Kier molecular flexibility index (Phi) is 6.09. The lowest BCUT2D eigenvalue weighted by atomic mass is 10.3. The average molecular weight is 146 g/mol. The van der Waals surface area contributed by atoms with Crippen LogP contribution in [0.5, 0.6) is 0 Å². The zero-order valence-corrected chi connectivity index (χ0v) is 6.41. The van der Waals surface area contributed by atoms with Crippen LogP contribution in [0.25, 0.3) is 0 Å². The van der Waals surface area contributed by atoms with Gasteiger partial charge in [-0.3, -0.25) is 4.79 Å². The molecule has 0 aromatic rings. The van der Waals surface area contributed by atoms with Crippen molar-refractivity contribution in [1.82, 2.24) is 0 Å². The third kappa shape index (κ3) is 5.86. The first-order valence-corrected chi connectivity index (χ1v) is 4.17. The van der Waals surface area contributed by atoms with Gasteiger partial charge in [-0.1, -0.05) is 6.92 Å². The second-order valence-corrected chi connectivity index (χ2v) is 3.10. The van der Waals surface area contributed by atoms with Crippen molar-refractivity contribution < 1.29 is 4.79 Å². The Balaban J connectivity index is 2.96. The molecule has 0 aromatic carbocycles. The van der Waals surface area contributed by atoms with Crippen LogP contribution >= 0.6 is 11.8 Å². The fraction of sp³-hybridized carbons (Fsp3) is 0.833. The highest BCUT2D eigenvalue weighted by Crippen LogP contribution is 2.01. The van der Waals surface area contributed by atoms with Crippen molar-refractivity contribution in [1.29, 1.82) is 0 Å². The van der Waals surface area contributed by atoms with Gasteiger partial charge in [0.25, 0.3) is 0 Å². The molecular formula is C6H12NOS. The second kappa shape index (κ2) is 6.11. The molecular weight excluding hydrogens is 134 g/mol. The Morgan fingerprint density at radius 3 is 2.89 bits per heavy atom. The summed E-state index contributed by atoms with van der Waals surface area (Å²) in [5.74, 6) is 2.05. The molecule has 53 valence electrons. The minimum atomic E-state index is -0.371. The van der Waals surface area contributed by atoms with Crippen molar-refractivity contribution in [3.8, 4) is 0 Å². The van der Waals surface area contributed by atoms with E-state index in [2.05, 4.69) is 6.92 Å². The molecule has 0 amide bonds. The minimum absolute atomic E-state index is 0.371. The average Bonchev–Trinajstić information content (AvgIpc) is 1.89. The van der Waals surface area contributed by atoms with Crippen LogP contribution in [-0.2, 0) is 4.79 Å². The number of rotatable bonds is 5. The van der Waals surface area contributed by atoms with Gasteiger partial charge < -0.3 is 5.73 Å². The molecule has 0 rings (SSSR count). The predicted octanol–water partition coefficient (Wildman–Crippen LogP) is 0.567. The van der Waals surface area contributed by atoms with Gasteiger partial charge >= 0.3 is 0 Å². The number of carbonyl (C=O) groups excluding carboxylic acids is 1. The van der Waals surface area contributed by atoms with Crippen molar-refractivity contribution >= 4 is 18.0 Å². The molecule has 0 fully saturated rings. The van der Waals surface area contributed by atoms with Gasteiger partial charge in [0, 0.05) is 0 Å². The van der Waals surface area contributed by atoms with Gasteiger partial charge in [-0.15, -0.1) is 0 Å². The lowest BCUT2D eigenvalue weighted by molar-refractivity contribution is 0.539. The molecule has 0 heterocycles.